The number of nitrogens with zero attached hydrogens (tertiary/aromatic N) is 4. The van der Waals surface area contributed by atoms with Gasteiger partial charge in [-0.1, -0.05) is 30.3 Å². The minimum absolute atomic E-state index is 0.00934. The minimum Gasteiger partial charge on any atom is -0.493 e. The Balaban J connectivity index is 1.37. The molecule has 0 aliphatic carbocycles. The van der Waals surface area contributed by atoms with Crippen LogP contribution in [-0.2, 0) is 20.0 Å². The zero-order valence-electron chi connectivity index (χ0n) is 23.5. The van der Waals surface area contributed by atoms with Crippen LogP contribution in [0, 0.1) is 6.92 Å². The first-order valence-corrected chi connectivity index (χ1v) is 14.3. The molecule has 0 radical (unpaired) electrons. The molecular weight excluding hydrogens is 518 g/mol. The molecule has 0 unspecified atom stereocenters. The molecule has 40 heavy (non-hydrogen) atoms. The molecule has 0 saturated carbocycles. The zero-order chi connectivity index (χ0) is 28.0. The Morgan fingerprint density at radius 2 is 1.90 bits per heavy atom. The third-order valence-corrected chi connectivity index (χ3v) is 8.66. The van der Waals surface area contributed by atoms with Crippen LogP contribution in [0.15, 0.2) is 65.5 Å². The fourth-order valence-electron chi connectivity index (χ4n) is 5.35. The first-order valence-electron chi connectivity index (χ1n) is 13.5. The normalized spacial score (nSPS) is 13.4. The van der Waals surface area contributed by atoms with Crippen LogP contribution in [0.1, 0.15) is 34.8 Å². The summed E-state index contributed by atoms with van der Waals surface area (Å²) in [6.07, 6.45) is 0.853. The molecule has 1 aliphatic heterocycles. The van der Waals surface area contributed by atoms with E-state index >= 15 is 0 Å². The highest BCUT2D eigenvalue weighted by Crippen LogP contribution is 2.36. The minimum atomic E-state index is -0.0808. The second-order valence-corrected chi connectivity index (χ2v) is 11.8. The van der Waals surface area contributed by atoms with Crippen LogP contribution < -0.4 is 15.6 Å². The number of hydrogen-bond donors (Lipinski definition) is 1. The molecule has 204 valence electrons. The van der Waals surface area contributed by atoms with E-state index in [2.05, 4.69) is 78.7 Å². The molecule has 5 aromatic rings. The summed E-state index contributed by atoms with van der Waals surface area (Å²) >= 11 is 1.79. The number of hydrogen-bond acceptors (Lipinski definition) is 7. The van der Waals surface area contributed by atoms with Crippen LogP contribution in [0.3, 0.4) is 0 Å². The van der Waals surface area contributed by atoms with Crippen LogP contribution in [0.4, 0.5) is 5.82 Å². The molecule has 0 fully saturated rings. The first-order chi connectivity index (χ1) is 19.3. The molecule has 0 bridgehead atoms. The zero-order valence-corrected chi connectivity index (χ0v) is 24.3. The molecule has 6 rings (SSSR count). The van der Waals surface area contributed by atoms with Gasteiger partial charge in [-0.15, -0.1) is 11.3 Å². The van der Waals surface area contributed by atoms with Crippen molar-refractivity contribution in [1.29, 1.82) is 0 Å². The number of aryl methyl sites for hydroxylation is 2. The lowest BCUT2D eigenvalue weighted by Gasteiger charge is -2.17. The number of nitrogens with one attached hydrogen (secondary N) is 1. The molecule has 2 aromatic carbocycles. The van der Waals surface area contributed by atoms with Gasteiger partial charge in [0.1, 0.15) is 23.0 Å². The van der Waals surface area contributed by atoms with E-state index in [1.807, 2.05) is 25.1 Å². The van der Waals surface area contributed by atoms with Gasteiger partial charge < -0.3 is 15.0 Å². The van der Waals surface area contributed by atoms with E-state index in [-0.39, 0.29) is 11.6 Å². The second-order valence-electron chi connectivity index (χ2n) is 10.7. The van der Waals surface area contributed by atoms with E-state index < -0.39 is 0 Å². The Hall–Kier alpha value is -4.01. The fraction of sp³-hybridized carbons (Fsp3) is 0.281. The summed E-state index contributed by atoms with van der Waals surface area (Å²) in [5.41, 5.74) is 5.75. The Labute approximate surface area is 238 Å². The predicted molar refractivity (Wildman–Crippen MR) is 163 cm³/mol. The van der Waals surface area contributed by atoms with E-state index in [0.717, 1.165) is 41.0 Å². The Morgan fingerprint density at radius 3 is 2.73 bits per heavy atom. The Morgan fingerprint density at radius 1 is 1.07 bits per heavy atom. The molecule has 0 amide bonds. The van der Waals surface area contributed by atoms with Crippen LogP contribution >= 0.6 is 11.3 Å². The monoisotopic (exact) mass is 551 g/mol. The smallest absolute Gasteiger partial charge is 0.259 e. The van der Waals surface area contributed by atoms with Crippen molar-refractivity contribution in [3.8, 4) is 27.3 Å². The maximum atomic E-state index is 13.4. The predicted octanol–water partition coefficient (Wildman–Crippen LogP) is 6.20. The van der Waals surface area contributed by atoms with Crippen molar-refractivity contribution in [2.24, 2.45) is 7.05 Å². The summed E-state index contributed by atoms with van der Waals surface area (Å²) in [6, 6.07) is 20.9. The van der Waals surface area contributed by atoms with E-state index in [9.17, 15) is 4.79 Å². The highest BCUT2D eigenvalue weighted by Gasteiger charge is 2.19. The lowest BCUT2D eigenvalue weighted by Crippen LogP contribution is -2.21. The van der Waals surface area contributed by atoms with Crippen molar-refractivity contribution in [3.05, 3.63) is 92.8 Å². The van der Waals surface area contributed by atoms with Crippen LogP contribution in [0.2, 0.25) is 0 Å². The van der Waals surface area contributed by atoms with Crippen molar-refractivity contribution in [2.45, 2.75) is 32.9 Å². The van der Waals surface area contributed by atoms with Gasteiger partial charge in [-0.2, -0.15) is 0 Å². The maximum Gasteiger partial charge on any atom is 0.259 e. The van der Waals surface area contributed by atoms with Gasteiger partial charge >= 0.3 is 0 Å². The lowest BCUT2D eigenvalue weighted by atomic mass is 10.0. The largest absolute Gasteiger partial charge is 0.493 e. The van der Waals surface area contributed by atoms with Crippen LogP contribution in [0.5, 0.6) is 5.75 Å². The van der Waals surface area contributed by atoms with Gasteiger partial charge in [0.05, 0.1) is 18.0 Å². The Kier molecular flexibility index (Phi) is 6.90. The maximum absolute atomic E-state index is 13.4. The fourth-order valence-corrected chi connectivity index (χ4v) is 6.43. The molecular formula is C32H33N5O2S. The number of thiophene rings is 1. The molecule has 8 heteroatoms. The van der Waals surface area contributed by atoms with E-state index in [1.54, 1.807) is 23.0 Å². The van der Waals surface area contributed by atoms with Gasteiger partial charge in [0.2, 0.25) is 0 Å². The van der Waals surface area contributed by atoms with Crippen molar-refractivity contribution in [3.63, 3.8) is 0 Å². The summed E-state index contributed by atoms with van der Waals surface area (Å²) < 4.78 is 7.30. The summed E-state index contributed by atoms with van der Waals surface area (Å²) in [4.78, 5) is 27.5. The summed E-state index contributed by atoms with van der Waals surface area (Å²) in [5.74, 6) is 2.24. The molecule has 7 nitrogen and oxygen atoms in total. The number of ether oxygens (including phenoxy) is 1. The molecule has 4 heterocycles. The molecule has 3 aromatic heterocycles. The van der Waals surface area contributed by atoms with Gasteiger partial charge in [0, 0.05) is 35.3 Å². The van der Waals surface area contributed by atoms with E-state index in [4.69, 9.17) is 9.72 Å². The first kappa shape index (κ1) is 26.2. The number of benzene rings is 2. The lowest BCUT2D eigenvalue weighted by molar-refractivity contribution is 0.357. The average Bonchev–Trinajstić information content (AvgIpc) is 3.61. The number of anilines is 1. The van der Waals surface area contributed by atoms with Crippen molar-refractivity contribution in [1.82, 2.24) is 19.4 Å². The van der Waals surface area contributed by atoms with E-state index in [1.165, 1.54) is 20.9 Å². The van der Waals surface area contributed by atoms with Crippen molar-refractivity contribution < 1.29 is 4.74 Å². The summed E-state index contributed by atoms with van der Waals surface area (Å²) in [6.45, 7) is 5.58. The quantitative estimate of drug-likeness (QED) is 0.260. The van der Waals surface area contributed by atoms with E-state index in [0.29, 0.717) is 23.6 Å². The second kappa shape index (κ2) is 10.5. The highest BCUT2D eigenvalue weighted by atomic mass is 32.1. The standard InChI is InChI=1S/C32H33N5O2S/c1-19(28-12-13-29(40-28)24-9-7-6-8-23(24)18-36(3)4)33-30-26-17-25(21-10-11-27-22(16-21)14-15-39-27)32(38)37(5)31(26)35-20(2)34-30/h6-13,16-17,19H,14-15,18H2,1-5H3,(H,33,34,35)/t19-/m1/s1. The average molecular weight is 552 g/mol. The van der Waals surface area contributed by atoms with Crippen molar-refractivity contribution in [2.75, 3.05) is 26.0 Å². The molecule has 1 N–H and O–H groups in total. The van der Waals surface area contributed by atoms with Gasteiger partial charge in [-0.05, 0) is 80.5 Å². The highest BCUT2D eigenvalue weighted by molar-refractivity contribution is 7.15. The van der Waals surface area contributed by atoms with Gasteiger partial charge in [-0.25, -0.2) is 9.97 Å². The van der Waals surface area contributed by atoms with Gasteiger partial charge in [0.25, 0.3) is 5.56 Å². The summed E-state index contributed by atoms with van der Waals surface area (Å²) in [7, 11) is 5.97. The summed E-state index contributed by atoms with van der Waals surface area (Å²) in [5, 5.41) is 4.46. The number of fused-ring (bicyclic) bond motifs is 2. The third-order valence-electron chi connectivity index (χ3n) is 7.36. The SMILES string of the molecule is Cc1nc(N[C@H](C)c2ccc(-c3ccccc3CN(C)C)s2)c2cc(-c3ccc4c(c3)CCO4)c(=O)n(C)c2n1. The van der Waals surface area contributed by atoms with Crippen LogP contribution in [-0.4, -0.2) is 40.1 Å². The van der Waals surface area contributed by atoms with Gasteiger partial charge in [-0.3, -0.25) is 9.36 Å². The Bertz CT molecular complexity index is 1790. The number of rotatable bonds is 7. The van der Waals surface area contributed by atoms with Crippen molar-refractivity contribution >= 4 is 28.2 Å². The molecule has 0 spiro atoms. The molecule has 1 aliphatic rings. The molecule has 0 saturated heterocycles. The number of pyridine rings is 1. The third kappa shape index (κ3) is 4.89. The van der Waals surface area contributed by atoms with Crippen LogP contribution in [0.25, 0.3) is 32.6 Å². The van der Waals surface area contributed by atoms with Gasteiger partial charge in [0.15, 0.2) is 0 Å². The molecule has 1 atom stereocenters. The number of aromatic nitrogens is 3. The topological polar surface area (TPSA) is 72.3 Å².